The molecule has 5 nitrogen and oxygen atoms in total. The summed E-state index contributed by atoms with van der Waals surface area (Å²) in [6, 6.07) is 0. The van der Waals surface area contributed by atoms with Crippen molar-refractivity contribution >= 4 is 50.3 Å². The van der Waals surface area contributed by atoms with Crippen LogP contribution in [0.5, 0.6) is 0 Å². The quantitative estimate of drug-likeness (QED) is 0.360. The second-order valence-electron chi connectivity index (χ2n) is 1.18. The molecule has 2 rings (SSSR count). The van der Waals surface area contributed by atoms with E-state index >= 15 is 0 Å². The summed E-state index contributed by atoms with van der Waals surface area (Å²) in [6.45, 7) is 0. The topological polar surface area (TPSA) is 54.0 Å². The predicted molar refractivity (Wildman–Crippen MR) is 16.5 cm³/mol. The molecule has 0 aliphatic carbocycles. The molecule has 0 atom stereocenters. The normalized spacial score (nSPS) is 43.2. The number of hydrogen-bond donors (Lipinski definition) is 0. The van der Waals surface area contributed by atoms with E-state index in [1.54, 1.807) is 0 Å². The van der Waals surface area contributed by atoms with Crippen LogP contribution in [-0.2, 0) is 24.0 Å². The zero-order valence-corrected chi connectivity index (χ0v) is 12.5. The summed E-state index contributed by atoms with van der Waals surface area (Å²) in [4.78, 5) is 0. The molecule has 2 heterocycles. The van der Waals surface area contributed by atoms with Crippen LogP contribution >= 0.6 is 0 Å². The Hall–Kier alpha value is 2.02. The Balaban J connectivity index is 2.30. The summed E-state index contributed by atoms with van der Waals surface area (Å²) in [5, 5.41) is 0. The Kier molecular flexibility index (Phi) is 1.50. The number of hydrogen-bond acceptors (Lipinski definition) is 5. The van der Waals surface area contributed by atoms with Crippen molar-refractivity contribution in [2.45, 2.75) is 0 Å². The van der Waals surface area contributed by atoms with Crippen molar-refractivity contribution in [2.75, 3.05) is 0 Å². The Morgan fingerprint density at radius 2 is 1.38 bits per heavy atom. The molecular weight excluding hydrogens is 546 g/mol. The first-order chi connectivity index (χ1) is 3.71. The molecule has 2 fully saturated rings. The van der Waals surface area contributed by atoms with E-state index in [9.17, 15) is 3.80 Å². The Morgan fingerprint density at radius 1 is 1.00 bits per heavy atom. The van der Waals surface area contributed by atoms with Gasteiger partial charge in [0.2, 0.25) is 0 Å². The van der Waals surface area contributed by atoms with Crippen molar-refractivity contribution in [1.82, 2.24) is 0 Å². The van der Waals surface area contributed by atoms with Crippen LogP contribution in [0.15, 0.2) is 0 Å². The van der Waals surface area contributed by atoms with E-state index in [4.69, 9.17) is 6.96 Å². The molecule has 1 spiro atoms. The maximum atomic E-state index is 11.0. The molecule has 0 bridgehead atoms. The van der Waals surface area contributed by atoms with Crippen LogP contribution in [0.3, 0.4) is 0 Å². The van der Waals surface area contributed by atoms with Gasteiger partial charge in [-0.25, -0.2) is 0 Å². The van der Waals surface area contributed by atoms with Crippen molar-refractivity contribution in [3.8, 4) is 0 Å². The summed E-state index contributed by atoms with van der Waals surface area (Å²) in [5.41, 5.74) is 0. The summed E-state index contributed by atoms with van der Waals surface area (Å²) in [6.07, 6.45) is 0. The van der Waals surface area contributed by atoms with Gasteiger partial charge in [0.1, 0.15) is 0 Å². The fraction of sp³-hybridized carbons (Fsp3) is 0. The fourth-order valence-corrected chi connectivity index (χ4v) is 30.1. The summed E-state index contributed by atoms with van der Waals surface area (Å²) >= 11 is -6.94. The van der Waals surface area contributed by atoms with Crippen LogP contribution in [-0.4, -0.2) is 50.3 Å². The Morgan fingerprint density at radius 3 is 1.38 bits per heavy atom. The van der Waals surface area contributed by atoms with Crippen molar-refractivity contribution < 1.29 is 24.0 Å². The first-order valence-corrected chi connectivity index (χ1v) is 10.6. The second kappa shape index (κ2) is 1.79. The molecule has 2 aliphatic heterocycles. The Bertz CT molecular complexity index is 145. The first-order valence-electron chi connectivity index (χ1n) is 1.65. The third-order valence-corrected chi connectivity index (χ3v) is 24.6. The van der Waals surface area contributed by atoms with Gasteiger partial charge < -0.3 is 0 Å². The SMILES string of the molecule is [O]=[Cr]12([O][Pb][O]1)[O][Pb][O]2. The van der Waals surface area contributed by atoms with Crippen LogP contribution < -0.4 is 0 Å². The van der Waals surface area contributed by atoms with Crippen molar-refractivity contribution in [1.29, 1.82) is 0 Å². The van der Waals surface area contributed by atoms with Crippen LogP contribution in [0.4, 0.5) is 0 Å². The van der Waals surface area contributed by atoms with Gasteiger partial charge in [0.05, 0.1) is 0 Å². The molecule has 44 valence electrons. The van der Waals surface area contributed by atoms with Crippen molar-refractivity contribution in [2.24, 2.45) is 0 Å². The van der Waals surface area contributed by atoms with E-state index in [1.807, 2.05) is 0 Å². The van der Waals surface area contributed by atoms with Gasteiger partial charge in [-0.1, -0.05) is 0 Å². The zero-order chi connectivity index (χ0) is 5.69. The molecule has 4 radical (unpaired) electrons. The molecule has 0 aromatic rings. The van der Waals surface area contributed by atoms with E-state index in [-0.39, 0.29) is 0 Å². The van der Waals surface area contributed by atoms with Gasteiger partial charge in [-0.15, -0.1) is 0 Å². The standard InChI is InChI=1S/Cr.5O.2Pb. The van der Waals surface area contributed by atoms with Gasteiger partial charge >= 0.3 is 74.3 Å². The van der Waals surface area contributed by atoms with Gasteiger partial charge in [-0.2, -0.15) is 0 Å². The molecule has 8 heavy (non-hydrogen) atoms. The molecule has 0 aromatic carbocycles. The average Bonchev–Trinajstić information content (AvgIpc) is 1.56. The zero-order valence-electron chi connectivity index (χ0n) is 3.45. The first kappa shape index (κ1) is 6.71. The molecule has 0 amide bonds. The van der Waals surface area contributed by atoms with Gasteiger partial charge in [0.25, 0.3) is 0 Å². The minimum atomic E-state index is -4.17. The third kappa shape index (κ3) is 0.814. The molecule has 8 heteroatoms. The van der Waals surface area contributed by atoms with Crippen molar-refractivity contribution in [3.63, 3.8) is 0 Å². The van der Waals surface area contributed by atoms with Gasteiger partial charge in [0, 0.05) is 0 Å². The molecule has 2 aliphatic rings. The van der Waals surface area contributed by atoms with Crippen LogP contribution in [0, 0.1) is 0 Å². The van der Waals surface area contributed by atoms with Crippen molar-refractivity contribution in [3.05, 3.63) is 0 Å². The Labute approximate surface area is 73.2 Å². The minimum absolute atomic E-state index is 1.38. The van der Waals surface area contributed by atoms with Gasteiger partial charge in [-0.05, 0) is 0 Å². The van der Waals surface area contributed by atoms with Crippen LogP contribution in [0.1, 0.15) is 0 Å². The molecule has 0 aromatic heterocycles. The van der Waals surface area contributed by atoms with E-state index in [1.165, 1.54) is 0 Å². The molecular formula is CrO5Pb2. The van der Waals surface area contributed by atoms with Gasteiger partial charge in [-0.3, -0.25) is 0 Å². The second-order valence-corrected chi connectivity index (χ2v) is 16.3. The van der Waals surface area contributed by atoms with Crippen LogP contribution in [0.2, 0.25) is 0 Å². The molecule has 0 saturated carbocycles. The fourth-order valence-electron chi connectivity index (χ4n) is 0.303. The van der Waals surface area contributed by atoms with E-state index < -0.39 is 63.6 Å². The van der Waals surface area contributed by atoms with E-state index in [0.717, 1.165) is 0 Å². The molecule has 2 saturated heterocycles. The van der Waals surface area contributed by atoms with Gasteiger partial charge in [0.15, 0.2) is 0 Å². The third-order valence-electron chi connectivity index (χ3n) is 0.680. The summed E-state index contributed by atoms with van der Waals surface area (Å²) in [5.74, 6) is 0. The van der Waals surface area contributed by atoms with E-state index in [2.05, 4.69) is 0 Å². The van der Waals surface area contributed by atoms with E-state index in [0.29, 0.717) is 0 Å². The maximum absolute atomic E-state index is 11.0. The predicted octanol–water partition coefficient (Wildman–Crippen LogP) is -1.16. The monoisotopic (exact) mass is 548 g/mol. The number of rotatable bonds is 0. The molecule has 0 N–H and O–H groups in total. The van der Waals surface area contributed by atoms with Crippen LogP contribution in [0.25, 0.3) is 0 Å². The summed E-state index contributed by atoms with van der Waals surface area (Å²) < 4.78 is 29.9. The summed E-state index contributed by atoms with van der Waals surface area (Å²) in [7, 11) is 0. The molecule has 0 unspecified atom stereocenters. The average molecular weight is 546 g/mol.